The summed E-state index contributed by atoms with van der Waals surface area (Å²) in [7, 11) is 1.73. The third kappa shape index (κ3) is 5.54. The van der Waals surface area contributed by atoms with Gasteiger partial charge in [0, 0.05) is 12.1 Å². The molecule has 0 unspecified atom stereocenters. The summed E-state index contributed by atoms with van der Waals surface area (Å²) in [5.41, 5.74) is 2.54. The van der Waals surface area contributed by atoms with E-state index in [4.69, 9.17) is 4.74 Å². The Morgan fingerprint density at radius 1 is 1.22 bits per heavy atom. The van der Waals surface area contributed by atoms with Crippen LogP contribution in [0.3, 0.4) is 0 Å². The first kappa shape index (κ1) is 15.0. The Kier molecular flexibility index (Phi) is 6.81. The minimum Gasteiger partial charge on any atom is -0.496 e. The van der Waals surface area contributed by atoms with Crippen molar-refractivity contribution >= 4 is 0 Å². The van der Waals surface area contributed by atoms with Gasteiger partial charge in [-0.05, 0) is 31.9 Å². The number of hydrogen-bond acceptors (Lipinski definition) is 2. The summed E-state index contributed by atoms with van der Waals surface area (Å²) < 4.78 is 5.37. The van der Waals surface area contributed by atoms with E-state index in [-0.39, 0.29) is 0 Å². The van der Waals surface area contributed by atoms with E-state index in [9.17, 15) is 0 Å². The average Bonchev–Trinajstić information content (AvgIpc) is 2.33. The number of aryl methyl sites for hydroxylation is 1. The molecule has 2 nitrogen and oxygen atoms in total. The molecule has 0 heterocycles. The summed E-state index contributed by atoms with van der Waals surface area (Å²) >= 11 is 0. The molecule has 0 aliphatic carbocycles. The molecule has 1 aromatic carbocycles. The Labute approximate surface area is 112 Å². The Hall–Kier alpha value is -1.02. The predicted molar refractivity (Wildman–Crippen MR) is 78.1 cm³/mol. The first-order valence-electron chi connectivity index (χ1n) is 6.97. The second-order valence-electron chi connectivity index (χ2n) is 5.38. The zero-order chi connectivity index (χ0) is 13.4. The molecular formula is C16H27NO. The lowest BCUT2D eigenvalue weighted by molar-refractivity contribution is 0.407. The molecule has 0 atom stereocenters. The summed E-state index contributed by atoms with van der Waals surface area (Å²) in [6.07, 6.45) is 3.90. The van der Waals surface area contributed by atoms with Crippen molar-refractivity contribution in [1.29, 1.82) is 0 Å². The fourth-order valence-electron chi connectivity index (χ4n) is 2.07. The molecule has 1 N–H and O–H groups in total. The highest BCUT2D eigenvalue weighted by Crippen LogP contribution is 2.19. The normalized spacial score (nSPS) is 10.9. The second-order valence-corrected chi connectivity index (χ2v) is 5.38. The maximum absolute atomic E-state index is 5.37. The van der Waals surface area contributed by atoms with Gasteiger partial charge in [-0.1, -0.05) is 44.4 Å². The number of ether oxygens (including phenoxy) is 1. The molecule has 1 rings (SSSR count). The highest BCUT2D eigenvalue weighted by atomic mass is 16.5. The highest BCUT2D eigenvalue weighted by molar-refractivity contribution is 5.36. The number of benzene rings is 1. The van der Waals surface area contributed by atoms with Crippen molar-refractivity contribution in [2.75, 3.05) is 13.7 Å². The molecule has 0 bridgehead atoms. The summed E-state index contributed by atoms with van der Waals surface area (Å²) in [6, 6.07) is 6.33. The van der Waals surface area contributed by atoms with E-state index in [1.807, 2.05) is 6.07 Å². The van der Waals surface area contributed by atoms with Crippen molar-refractivity contribution in [2.24, 2.45) is 5.92 Å². The summed E-state index contributed by atoms with van der Waals surface area (Å²) in [4.78, 5) is 0. The second kappa shape index (κ2) is 8.15. The molecule has 0 fully saturated rings. The van der Waals surface area contributed by atoms with Gasteiger partial charge in [0.05, 0.1) is 7.11 Å². The molecule has 18 heavy (non-hydrogen) atoms. The maximum atomic E-state index is 5.37. The van der Waals surface area contributed by atoms with E-state index >= 15 is 0 Å². The third-order valence-electron chi connectivity index (χ3n) is 3.14. The standard InChI is InChI=1S/C16H27NO/c1-13(2)7-5-6-10-17-12-15-11-14(3)8-9-16(15)18-4/h8-9,11,13,17H,5-7,10,12H2,1-4H3. The zero-order valence-electron chi connectivity index (χ0n) is 12.3. The van der Waals surface area contributed by atoms with Crippen LogP contribution < -0.4 is 10.1 Å². The lowest BCUT2D eigenvalue weighted by atomic mass is 10.1. The number of unbranched alkanes of at least 4 members (excludes halogenated alkanes) is 1. The van der Waals surface area contributed by atoms with Gasteiger partial charge in [-0.15, -0.1) is 0 Å². The molecule has 0 amide bonds. The Morgan fingerprint density at radius 2 is 2.00 bits per heavy atom. The Balaban J connectivity index is 2.28. The van der Waals surface area contributed by atoms with Gasteiger partial charge in [0.2, 0.25) is 0 Å². The first-order chi connectivity index (χ1) is 8.63. The fourth-order valence-corrected chi connectivity index (χ4v) is 2.07. The predicted octanol–water partition coefficient (Wildman–Crippen LogP) is 3.92. The van der Waals surface area contributed by atoms with Crippen molar-refractivity contribution in [3.8, 4) is 5.75 Å². The van der Waals surface area contributed by atoms with Crippen LogP contribution in [0.25, 0.3) is 0 Å². The third-order valence-corrected chi connectivity index (χ3v) is 3.14. The van der Waals surface area contributed by atoms with Crippen LogP contribution in [0.2, 0.25) is 0 Å². The summed E-state index contributed by atoms with van der Waals surface area (Å²) in [6.45, 7) is 8.66. The molecule has 0 aromatic heterocycles. The number of methoxy groups -OCH3 is 1. The van der Waals surface area contributed by atoms with Crippen LogP contribution in [0.15, 0.2) is 18.2 Å². The van der Waals surface area contributed by atoms with Crippen LogP contribution in [-0.2, 0) is 6.54 Å². The topological polar surface area (TPSA) is 21.3 Å². The summed E-state index contributed by atoms with van der Waals surface area (Å²) in [5, 5.41) is 3.50. The molecule has 0 saturated carbocycles. The highest BCUT2D eigenvalue weighted by Gasteiger charge is 2.02. The average molecular weight is 249 g/mol. The molecule has 102 valence electrons. The van der Waals surface area contributed by atoms with Gasteiger partial charge in [0.1, 0.15) is 5.75 Å². The lowest BCUT2D eigenvalue weighted by Crippen LogP contribution is -2.15. The molecule has 2 heteroatoms. The largest absolute Gasteiger partial charge is 0.496 e. The van der Waals surface area contributed by atoms with Crippen LogP contribution in [0.1, 0.15) is 44.2 Å². The number of rotatable bonds is 8. The van der Waals surface area contributed by atoms with E-state index < -0.39 is 0 Å². The molecule has 0 spiro atoms. The maximum Gasteiger partial charge on any atom is 0.123 e. The van der Waals surface area contributed by atoms with Crippen molar-refractivity contribution < 1.29 is 4.74 Å². The summed E-state index contributed by atoms with van der Waals surface area (Å²) in [5.74, 6) is 1.80. The molecule has 0 radical (unpaired) electrons. The van der Waals surface area contributed by atoms with E-state index in [1.54, 1.807) is 7.11 Å². The van der Waals surface area contributed by atoms with Crippen molar-refractivity contribution in [3.63, 3.8) is 0 Å². The van der Waals surface area contributed by atoms with Crippen molar-refractivity contribution in [1.82, 2.24) is 5.32 Å². The molecular weight excluding hydrogens is 222 g/mol. The van der Waals surface area contributed by atoms with Crippen molar-refractivity contribution in [2.45, 2.75) is 46.6 Å². The van der Waals surface area contributed by atoms with Crippen LogP contribution in [0.4, 0.5) is 0 Å². The molecule has 0 saturated heterocycles. The molecule has 1 aromatic rings. The minimum absolute atomic E-state index is 0.821. The van der Waals surface area contributed by atoms with E-state index in [1.165, 1.54) is 30.4 Å². The zero-order valence-corrected chi connectivity index (χ0v) is 12.3. The van der Waals surface area contributed by atoms with E-state index in [0.29, 0.717) is 0 Å². The quantitative estimate of drug-likeness (QED) is 0.705. The Morgan fingerprint density at radius 3 is 2.67 bits per heavy atom. The monoisotopic (exact) mass is 249 g/mol. The first-order valence-corrected chi connectivity index (χ1v) is 6.97. The number of hydrogen-bond donors (Lipinski definition) is 1. The molecule has 0 aliphatic heterocycles. The SMILES string of the molecule is COc1ccc(C)cc1CNCCCCC(C)C. The smallest absolute Gasteiger partial charge is 0.123 e. The van der Waals surface area contributed by atoms with Crippen LogP contribution in [-0.4, -0.2) is 13.7 Å². The van der Waals surface area contributed by atoms with Crippen LogP contribution in [0.5, 0.6) is 5.75 Å². The van der Waals surface area contributed by atoms with Gasteiger partial charge >= 0.3 is 0 Å². The van der Waals surface area contributed by atoms with E-state index in [2.05, 4.69) is 38.2 Å². The molecule has 0 aliphatic rings. The Bertz CT molecular complexity index is 347. The van der Waals surface area contributed by atoms with Gasteiger partial charge in [0.25, 0.3) is 0 Å². The van der Waals surface area contributed by atoms with E-state index in [0.717, 1.165) is 24.8 Å². The van der Waals surface area contributed by atoms with Crippen LogP contribution >= 0.6 is 0 Å². The van der Waals surface area contributed by atoms with Gasteiger partial charge in [-0.2, -0.15) is 0 Å². The fraction of sp³-hybridized carbons (Fsp3) is 0.625. The van der Waals surface area contributed by atoms with Gasteiger partial charge in [-0.25, -0.2) is 0 Å². The lowest BCUT2D eigenvalue weighted by Gasteiger charge is -2.11. The van der Waals surface area contributed by atoms with Crippen LogP contribution in [0, 0.1) is 12.8 Å². The van der Waals surface area contributed by atoms with Crippen molar-refractivity contribution in [3.05, 3.63) is 29.3 Å². The minimum atomic E-state index is 0.821. The van der Waals surface area contributed by atoms with Gasteiger partial charge in [-0.3, -0.25) is 0 Å². The van der Waals surface area contributed by atoms with Gasteiger partial charge < -0.3 is 10.1 Å². The number of nitrogens with one attached hydrogen (secondary N) is 1. The van der Waals surface area contributed by atoms with Gasteiger partial charge in [0.15, 0.2) is 0 Å².